The van der Waals surface area contributed by atoms with Crippen molar-refractivity contribution < 1.29 is 9.90 Å². The van der Waals surface area contributed by atoms with E-state index in [4.69, 9.17) is 5.11 Å². The quantitative estimate of drug-likeness (QED) is 0.808. The Bertz CT molecular complexity index is 448. The van der Waals surface area contributed by atoms with Crippen LogP contribution in [-0.2, 0) is 6.54 Å². The Balaban J connectivity index is 2.14. The number of carbonyl (C=O) groups is 1. The van der Waals surface area contributed by atoms with Crippen molar-refractivity contribution in [3.05, 3.63) is 47.8 Å². The Kier molecular flexibility index (Phi) is 2.45. The minimum atomic E-state index is -0.915. The van der Waals surface area contributed by atoms with Crippen LogP contribution in [0.1, 0.15) is 15.9 Å². The third-order valence-electron chi connectivity index (χ3n) is 2.02. The maximum absolute atomic E-state index is 10.6. The average Bonchev–Trinajstić information content (AvgIpc) is 2.71. The summed E-state index contributed by atoms with van der Waals surface area (Å²) in [7, 11) is 0. The van der Waals surface area contributed by atoms with Gasteiger partial charge in [-0.3, -0.25) is 0 Å². The number of nitrogens with zero attached hydrogens (tertiary/aromatic N) is 3. The van der Waals surface area contributed by atoms with Crippen molar-refractivity contribution in [3.63, 3.8) is 0 Å². The second-order valence-corrected chi connectivity index (χ2v) is 3.10. The van der Waals surface area contributed by atoms with Crippen LogP contribution in [0.25, 0.3) is 0 Å². The molecule has 0 amide bonds. The van der Waals surface area contributed by atoms with Gasteiger partial charge in [-0.15, -0.1) is 5.10 Å². The third-order valence-corrected chi connectivity index (χ3v) is 2.02. The molecule has 0 saturated heterocycles. The Morgan fingerprint density at radius 3 is 2.60 bits per heavy atom. The van der Waals surface area contributed by atoms with Crippen molar-refractivity contribution in [2.45, 2.75) is 6.54 Å². The lowest BCUT2D eigenvalue weighted by molar-refractivity contribution is 0.0697. The molecule has 0 fully saturated rings. The topological polar surface area (TPSA) is 68.0 Å². The van der Waals surface area contributed by atoms with Crippen molar-refractivity contribution >= 4 is 5.97 Å². The van der Waals surface area contributed by atoms with Crippen LogP contribution in [0.5, 0.6) is 0 Å². The number of aromatic carboxylic acids is 1. The van der Waals surface area contributed by atoms with Gasteiger partial charge >= 0.3 is 5.97 Å². The van der Waals surface area contributed by atoms with Gasteiger partial charge < -0.3 is 5.11 Å². The first-order valence-corrected chi connectivity index (χ1v) is 4.42. The number of carboxylic acids is 1. The number of aromatic nitrogens is 3. The van der Waals surface area contributed by atoms with Crippen molar-refractivity contribution in [3.8, 4) is 0 Å². The molecule has 1 heterocycles. The van der Waals surface area contributed by atoms with E-state index >= 15 is 0 Å². The molecule has 1 aromatic heterocycles. The number of carboxylic acid groups (broad SMARTS) is 1. The zero-order valence-corrected chi connectivity index (χ0v) is 7.87. The Hall–Kier alpha value is -2.17. The average molecular weight is 203 g/mol. The predicted molar refractivity (Wildman–Crippen MR) is 52.5 cm³/mol. The van der Waals surface area contributed by atoms with Crippen LogP contribution < -0.4 is 0 Å². The van der Waals surface area contributed by atoms with Gasteiger partial charge in [0.1, 0.15) is 0 Å². The SMILES string of the molecule is O=C(O)c1ccc(Cn2ccnn2)cc1. The fraction of sp³-hybridized carbons (Fsp3) is 0.100. The molecular formula is C10H9N3O2. The molecule has 0 spiro atoms. The molecule has 0 atom stereocenters. The molecule has 2 aromatic rings. The molecule has 2 rings (SSSR count). The zero-order valence-electron chi connectivity index (χ0n) is 7.87. The second kappa shape index (κ2) is 3.91. The van der Waals surface area contributed by atoms with E-state index in [9.17, 15) is 4.79 Å². The summed E-state index contributed by atoms with van der Waals surface area (Å²) in [6.07, 6.45) is 3.36. The molecule has 0 aliphatic rings. The third kappa shape index (κ3) is 2.19. The fourth-order valence-corrected chi connectivity index (χ4v) is 1.26. The van der Waals surface area contributed by atoms with Crippen LogP contribution >= 0.6 is 0 Å². The van der Waals surface area contributed by atoms with Crippen LogP contribution in [0, 0.1) is 0 Å². The molecule has 5 heteroatoms. The predicted octanol–water partition coefficient (Wildman–Crippen LogP) is 1.02. The highest BCUT2D eigenvalue weighted by Crippen LogP contribution is 2.05. The first-order valence-electron chi connectivity index (χ1n) is 4.42. The van der Waals surface area contributed by atoms with Crippen LogP contribution in [0.15, 0.2) is 36.7 Å². The van der Waals surface area contributed by atoms with E-state index in [0.717, 1.165) is 5.56 Å². The minimum Gasteiger partial charge on any atom is -0.478 e. The molecule has 1 aromatic carbocycles. The van der Waals surface area contributed by atoms with E-state index < -0.39 is 5.97 Å². The highest BCUT2D eigenvalue weighted by Gasteiger charge is 2.01. The van der Waals surface area contributed by atoms with E-state index in [0.29, 0.717) is 6.54 Å². The molecule has 0 aliphatic heterocycles. The van der Waals surface area contributed by atoms with E-state index in [1.807, 2.05) is 0 Å². The molecule has 0 unspecified atom stereocenters. The Morgan fingerprint density at radius 1 is 1.33 bits per heavy atom. The molecule has 1 N–H and O–H groups in total. The highest BCUT2D eigenvalue weighted by atomic mass is 16.4. The molecular weight excluding hydrogens is 194 g/mol. The molecule has 0 saturated carbocycles. The van der Waals surface area contributed by atoms with Gasteiger partial charge in [0.15, 0.2) is 0 Å². The normalized spacial score (nSPS) is 10.1. The summed E-state index contributed by atoms with van der Waals surface area (Å²) in [6.45, 7) is 0.597. The number of rotatable bonds is 3. The highest BCUT2D eigenvalue weighted by molar-refractivity contribution is 5.87. The van der Waals surface area contributed by atoms with Crippen molar-refractivity contribution in [1.29, 1.82) is 0 Å². The van der Waals surface area contributed by atoms with Gasteiger partial charge in [0.2, 0.25) is 0 Å². The van der Waals surface area contributed by atoms with E-state index in [1.165, 1.54) is 0 Å². The van der Waals surface area contributed by atoms with Crippen LogP contribution in [0.2, 0.25) is 0 Å². The minimum absolute atomic E-state index is 0.289. The number of hydrogen-bond donors (Lipinski definition) is 1. The van der Waals surface area contributed by atoms with Crippen molar-refractivity contribution in [2.24, 2.45) is 0 Å². The lowest BCUT2D eigenvalue weighted by Crippen LogP contribution is -2.01. The summed E-state index contributed by atoms with van der Waals surface area (Å²) in [5.41, 5.74) is 1.28. The summed E-state index contributed by atoms with van der Waals surface area (Å²) in [4.78, 5) is 10.6. The summed E-state index contributed by atoms with van der Waals surface area (Å²) in [5, 5.41) is 16.2. The van der Waals surface area contributed by atoms with Crippen LogP contribution in [0.4, 0.5) is 0 Å². The van der Waals surface area contributed by atoms with Gasteiger partial charge in [0, 0.05) is 6.20 Å². The summed E-state index contributed by atoms with van der Waals surface area (Å²) >= 11 is 0. The molecule has 76 valence electrons. The zero-order chi connectivity index (χ0) is 10.7. The maximum Gasteiger partial charge on any atom is 0.335 e. The first kappa shape index (κ1) is 9.39. The summed E-state index contributed by atoms with van der Waals surface area (Å²) in [6, 6.07) is 6.69. The second-order valence-electron chi connectivity index (χ2n) is 3.10. The van der Waals surface area contributed by atoms with E-state index in [1.54, 1.807) is 41.3 Å². The molecule has 0 aliphatic carbocycles. The first-order chi connectivity index (χ1) is 7.25. The Morgan fingerprint density at radius 2 is 2.07 bits per heavy atom. The standard InChI is InChI=1S/C10H9N3O2/c14-10(15)9-3-1-8(2-4-9)7-13-6-5-11-12-13/h1-6H,7H2,(H,14,15). The van der Waals surface area contributed by atoms with Crippen molar-refractivity contribution in [1.82, 2.24) is 15.0 Å². The van der Waals surface area contributed by atoms with E-state index in [-0.39, 0.29) is 5.56 Å². The van der Waals surface area contributed by atoms with Gasteiger partial charge in [-0.2, -0.15) is 0 Å². The molecule has 0 radical (unpaired) electrons. The number of benzene rings is 1. The van der Waals surface area contributed by atoms with Gasteiger partial charge in [-0.1, -0.05) is 17.3 Å². The van der Waals surface area contributed by atoms with E-state index in [2.05, 4.69) is 10.3 Å². The monoisotopic (exact) mass is 203 g/mol. The van der Waals surface area contributed by atoms with Crippen molar-refractivity contribution in [2.75, 3.05) is 0 Å². The summed E-state index contributed by atoms with van der Waals surface area (Å²) < 4.78 is 1.68. The van der Waals surface area contributed by atoms with Gasteiger partial charge in [-0.05, 0) is 17.7 Å². The van der Waals surface area contributed by atoms with Gasteiger partial charge in [0.25, 0.3) is 0 Å². The fourth-order valence-electron chi connectivity index (χ4n) is 1.26. The smallest absolute Gasteiger partial charge is 0.335 e. The lowest BCUT2D eigenvalue weighted by atomic mass is 10.1. The largest absolute Gasteiger partial charge is 0.478 e. The molecule has 0 bridgehead atoms. The molecule has 15 heavy (non-hydrogen) atoms. The van der Waals surface area contributed by atoms with Crippen LogP contribution in [-0.4, -0.2) is 26.1 Å². The van der Waals surface area contributed by atoms with Gasteiger partial charge in [-0.25, -0.2) is 9.48 Å². The van der Waals surface area contributed by atoms with Gasteiger partial charge in [0.05, 0.1) is 18.3 Å². The lowest BCUT2D eigenvalue weighted by Gasteiger charge is -2.01. The number of hydrogen-bond acceptors (Lipinski definition) is 3. The summed E-state index contributed by atoms with van der Waals surface area (Å²) in [5.74, 6) is -0.915. The Labute approximate surface area is 86.0 Å². The molecule has 5 nitrogen and oxygen atoms in total. The maximum atomic E-state index is 10.6. The van der Waals surface area contributed by atoms with Crippen LogP contribution in [0.3, 0.4) is 0 Å².